The lowest BCUT2D eigenvalue weighted by atomic mass is 10.0. The molecule has 2 fully saturated rings. The first-order valence-electron chi connectivity index (χ1n) is 9.48. The number of aromatic nitrogens is 2. The summed E-state index contributed by atoms with van der Waals surface area (Å²) in [5, 5.41) is 7.12. The third-order valence-electron chi connectivity index (χ3n) is 4.80. The Labute approximate surface area is 175 Å². The first-order valence-corrected chi connectivity index (χ1v) is 9.48. The van der Waals surface area contributed by atoms with E-state index in [-0.39, 0.29) is 24.2 Å². The fourth-order valence-electron chi connectivity index (χ4n) is 3.47. The summed E-state index contributed by atoms with van der Waals surface area (Å²) in [7, 11) is 0. The zero-order valence-electron chi connectivity index (χ0n) is 16.2. The van der Waals surface area contributed by atoms with Gasteiger partial charge in [0.2, 0.25) is 5.88 Å². The normalized spacial score (nSPS) is 22.7. The van der Waals surface area contributed by atoms with Gasteiger partial charge in [0.15, 0.2) is 0 Å². The molecule has 166 valence electrons. The second-order valence-corrected chi connectivity index (χ2v) is 6.87. The van der Waals surface area contributed by atoms with Crippen molar-refractivity contribution in [2.24, 2.45) is 0 Å². The van der Waals surface area contributed by atoms with Gasteiger partial charge >= 0.3 is 12.1 Å². The van der Waals surface area contributed by atoms with Crippen LogP contribution in [0.1, 0.15) is 23.2 Å². The lowest BCUT2D eigenvalue weighted by Gasteiger charge is -2.32. The van der Waals surface area contributed by atoms with Crippen molar-refractivity contribution >= 4 is 11.9 Å². The van der Waals surface area contributed by atoms with Crippen LogP contribution in [-0.2, 0) is 9.53 Å². The van der Waals surface area contributed by atoms with Gasteiger partial charge in [-0.1, -0.05) is 6.07 Å². The van der Waals surface area contributed by atoms with E-state index in [1.165, 1.54) is 0 Å². The maximum absolute atomic E-state index is 12.9. The van der Waals surface area contributed by atoms with E-state index in [2.05, 4.69) is 9.97 Å². The molecule has 2 saturated heterocycles. The summed E-state index contributed by atoms with van der Waals surface area (Å²) in [6.45, 7) is 1.21. The number of alkyl halides is 3. The Morgan fingerprint density at radius 2 is 1.97 bits per heavy atom. The van der Waals surface area contributed by atoms with Gasteiger partial charge < -0.3 is 19.5 Å². The number of aliphatic carboxylic acids is 1. The van der Waals surface area contributed by atoms with E-state index >= 15 is 0 Å². The molecule has 0 aromatic carbocycles. The monoisotopic (exact) mass is 439 g/mol. The Kier molecular flexibility index (Phi) is 7.06. The lowest BCUT2D eigenvalue weighted by molar-refractivity contribution is -0.192. The van der Waals surface area contributed by atoms with Gasteiger partial charge in [0.1, 0.15) is 12.2 Å². The Hall–Kier alpha value is -3.21. The number of halogens is 3. The smallest absolute Gasteiger partial charge is 0.475 e. The first kappa shape index (κ1) is 22.5. The van der Waals surface area contributed by atoms with Crippen LogP contribution in [0.2, 0.25) is 0 Å². The second-order valence-electron chi connectivity index (χ2n) is 6.87. The van der Waals surface area contributed by atoms with Crippen LogP contribution in [0.25, 0.3) is 0 Å². The number of likely N-dealkylation sites (tertiary alicyclic amines) is 1. The van der Waals surface area contributed by atoms with Gasteiger partial charge in [-0.15, -0.1) is 0 Å². The Morgan fingerprint density at radius 1 is 1.19 bits per heavy atom. The molecule has 0 saturated carbocycles. The molecule has 1 N–H and O–H groups in total. The highest BCUT2D eigenvalue weighted by atomic mass is 19.4. The summed E-state index contributed by atoms with van der Waals surface area (Å²) < 4.78 is 43.7. The fourth-order valence-corrected chi connectivity index (χ4v) is 3.47. The van der Waals surface area contributed by atoms with Crippen molar-refractivity contribution in [3.63, 3.8) is 0 Å². The SMILES string of the molecule is O=C(O)C(F)(F)F.O=C(c1cccnc1)N1C[C@H](Oc2ccccn2)[C@H]2OCCC[C@H]21. The molecule has 2 aliphatic heterocycles. The molecule has 2 aromatic rings. The van der Waals surface area contributed by atoms with E-state index in [4.69, 9.17) is 19.4 Å². The van der Waals surface area contributed by atoms with Crippen LogP contribution in [0.3, 0.4) is 0 Å². The minimum Gasteiger partial charge on any atom is -0.475 e. The number of hydrogen-bond acceptors (Lipinski definition) is 6. The highest BCUT2D eigenvalue weighted by Gasteiger charge is 2.47. The Morgan fingerprint density at radius 3 is 2.58 bits per heavy atom. The van der Waals surface area contributed by atoms with Crippen LogP contribution in [0.15, 0.2) is 48.9 Å². The molecule has 0 bridgehead atoms. The Balaban J connectivity index is 0.000000339. The van der Waals surface area contributed by atoms with Gasteiger partial charge in [-0.25, -0.2) is 9.78 Å². The number of fused-ring (bicyclic) bond motifs is 1. The molecule has 3 atom stereocenters. The number of carbonyl (C=O) groups is 2. The van der Waals surface area contributed by atoms with E-state index in [1.807, 2.05) is 23.1 Å². The minimum absolute atomic E-state index is 0.0179. The van der Waals surface area contributed by atoms with E-state index < -0.39 is 12.1 Å². The molecule has 4 rings (SSSR count). The van der Waals surface area contributed by atoms with Gasteiger partial charge in [-0.05, 0) is 31.0 Å². The average Bonchev–Trinajstić information content (AvgIpc) is 3.13. The van der Waals surface area contributed by atoms with Gasteiger partial charge in [-0.2, -0.15) is 13.2 Å². The summed E-state index contributed by atoms with van der Waals surface area (Å²) in [5.41, 5.74) is 0.598. The highest BCUT2D eigenvalue weighted by Crippen LogP contribution is 2.32. The average molecular weight is 439 g/mol. The second kappa shape index (κ2) is 9.73. The molecule has 2 aliphatic rings. The van der Waals surface area contributed by atoms with E-state index in [0.717, 1.165) is 12.8 Å². The molecule has 0 unspecified atom stereocenters. The molecular weight excluding hydrogens is 419 g/mol. The largest absolute Gasteiger partial charge is 0.490 e. The van der Waals surface area contributed by atoms with Crippen molar-refractivity contribution in [1.29, 1.82) is 0 Å². The molecule has 0 radical (unpaired) electrons. The van der Waals surface area contributed by atoms with E-state index in [9.17, 15) is 18.0 Å². The molecule has 8 nitrogen and oxygen atoms in total. The third kappa shape index (κ3) is 5.69. The maximum atomic E-state index is 12.9. The van der Waals surface area contributed by atoms with Gasteiger partial charge in [0.25, 0.3) is 5.91 Å². The molecule has 1 amide bonds. The van der Waals surface area contributed by atoms with Crippen molar-refractivity contribution < 1.29 is 37.3 Å². The van der Waals surface area contributed by atoms with Crippen LogP contribution >= 0.6 is 0 Å². The molecule has 31 heavy (non-hydrogen) atoms. The van der Waals surface area contributed by atoms with Crippen LogP contribution in [0, 0.1) is 0 Å². The molecule has 2 aromatic heterocycles. The summed E-state index contributed by atoms with van der Waals surface area (Å²) in [4.78, 5) is 31.9. The number of pyridine rings is 2. The number of amides is 1. The van der Waals surface area contributed by atoms with Gasteiger partial charge in [0, 0.05) is 31.3 Å². The maximum Gasteiger partial charge on any atom is 0.490 e. The minimum atomic E-state index is -5.08. The quantitative estimate of drug-likeness (QED) is 0.784. The number of carbonyl (C=O) groups excluding carboxylic acids is 1. The van der Waals surface area contributed by atoms with Crippen LogP contribution < -0.4 is 4.74 Å². The molecule has 11 heteroatoms. The number of carboxylic acid groups (broad SMARTS) is 1. The van der Waals surface area contributed by atoms with Crippen molar-refractivity contribution in [3.05, 3.63) is 54.5 Å². The molecule has 4 heterocycles. The van der Waals surface area contributed by atoms with E-state index in [1.54, 1.807) is 30.7 Å². The number of nitrogens with zero attached hydrogens (tertiary/aromatic N) is 3. The van der Waals surface area contributed by atoms with Crippen LogP contribution in [-0.4, -0.2) is 69.4 Å². The molecule has 0 aliphatic carbocycles. The fraction of sp³-hybridized carbons (Fsp3) is 0.400. The summed E-state index contributed by atoms with van der Waals surface area (Å²) >= 11 is 0. The van der Waals surface area contributed by atoms with Crippen molar-refractivity contribution in [2.45, 2.75) is 37.3 Å². The van der Waals surface area contributed by atoms with Crippen LogP contribution in [0.5, 0.6) is 5.88 Å². The van der Waals surface area contributed by atoms with Gasteiger partial charge in [0.05, 0.1) is 18.2 Å². The standard InChI is InChI=1S/C18H19N3O3.C2HF3O2/c22-18(13-5-3-8-19-11-13)21-12-15(17-14(21)6-4-10-23-17)24-16-7-1-2-9-20-16;3-2(4,5)1(6)7/h1-3,5,7-9,11,14-15,17H,4,6,10,12H2;(H,6,7)/t14-,15+,17+;/m1./s1. The first-order chi connectivity index (χ1) is 14.8. The summed E-state index contributed by atoms with van der Waals surface area (Å²) in [5.74, 6) is -2.21. The van der Waals surface area contributed by atoms with Crippen molar-refractivity contribution in [3.8, 4) is 5.88 Å². The zero-order chi connectivity index (χ0) is 22.4. The number of hydrogen-bond donors (Lipinski definition) is 1. The highest BCUT2D eigenvalue weighted by molar-refractivity contribution is 5.94. The number of rotatable bonds is 3. The predicted molar refractivity (Wildman–Crippen MR) is 100 cm³/mol. The predicted octanol–water partition coefficient (Wildman–Crippen LogP) is 2.56. The number of ether oxygens (including phenoxy) is 2. The van der Waals surface area contributed by atoms with Crippen molar-refractivity contribution in [2.75, 3.05) is 13.2 Å². The molecular formula is C20H20F3N3O5. The lowest BCUT2D eigenvalue weighted by Crippen LogP contribution is -2.44. The third-order valence-corrected chi connectivity index (χ3v) is 4.80. The summed E-state index contributed by atoms with van der Waals surface area (Å²) in [6.07, 6.45) is 1.45. The number of carboxylic acids is 1. The van der Waals surface area contributed by atoms with Crippen LogP contribution in [0.4, 0.5) is 13.2 Å². The van der Waals surface area contributed by atoms with E-state index in [0.29, 0.717) is 24.6 Å². The van der Waals surface area contributed by atoms with Gasteiger partial charge in [-0.3, -0.25) is 9.78 Å². The molecule has 0 spiro atoms. The van der Waals surface area contributed by atoms with Crippen molar-refractivity contribution in [1.82, 2.24) is 14.9 Å². The topological polar surface area (TPSA) is 102 Å². The summed E-state index contributed by atoms with van der Waals surface area (Å²) in [6, 6.07) is 9.17. The zero-order valence-corrected chi connectivity index (χ0v) is 16.2. The Bertz CT molecular complexity index is 883.